The van der Waals surface area contributed by atoms with Gasteiger partial charge >= 0.3 is 0 Å². The lowest BCUT2D eigenvalue weighted by Crippen LogP contribution is -2.48. The van der Waals surface area contributed by atoms with Crippen LogP contribution in [0, 0.1) is 5.92 Å². The molecule has 0 unspecified atom stereocenters. The smallest absolute Gasteiger partial charge is 0.261 e. The third-order valence-corrected chi connectivity index (χ3v) is 11.8. The average molecular weight is 566 g/mol. The van der Waals surface area contributed by atoms with E-state index in [2.05, 4.69) is 5.32 Å². The number of carbonyl (C=O) groups excluding carboxylic acids is 3. The molecule has 2 aromatic rings. The molecular formula is C30H36FN3O5Si. The van der Waals surface area contributed by atoms with Crippen LogP contribution >= 0.6 is 0 Å². The lowest BCUT2D eigenvalue weighted by atomic mass is 9.82. The number of aliphatic hydroxyl groups is 1. The second-order valence-electron chi connectivity index (χ2n) is 12.1. The van der Waals surface area contributed by atoms with E-state index in [0.717, 1.165) is 17.5 Å². The van der Waals surface area contributed by atoms with Crippen LogP contribution in [0.5, 0.6) is 0 Å². The summed E-state index contributed by atoms with van der Waals surface area (Å²) in [5, 5.41) is 13.0. The lowest BCUT2D eigenvalue weighted by Gasteiger charge is -2.37. The number of aliphatic hydroxyl groups excluding tert-OH is 1. The zero-order valence-corrected chi connectivity index (χ0v) is 24.2. The fraction of sp³-hybridized carbons (Fsp3) is 0.500. The molecule has 4 heterocycles. The van der Waals surface area contributed by atoms with Crippen molar-refractivity contribution in [3.63, 3.8) is 0 Å². The van der Waals surface area contributed by atoms with Crippen molar-refractivity contribution in [2.24, 2.45) is 5.92 Å². The molecular weight excluding hydrogens is 529 g/mol. The minimum Gasteiger partial charge on any atom is -0.394 e. The maximum Gasteiger partial charge on any atom is 0.261 e. The molecule has 212 valence electrons. The highest BCUT2D eigenvalue weighted by Crippen LogP contribution is 2.59. The zero-order valence-electron chi connectivity index (χ0n) is 23.2. The van der Waals surface area contributed by atoms with E-state index in [9.17, 15) is 19.5 Å². The van der Waals surface area contributed by atoms with E-state index >= 15 is 4.11 Å². The van der Waals surface area contributed by atoms with E-state index < -0.39 is 31.6 Å². The van der Waals surface area contributed by atoms with Gasteiger partial charge in [-0.25, -0.2) is 0 Å². The van der Waals surface area contributed by atoms with E-state index in [1.807, 2.05) is 43.3 Å². The standard InChI is InChI=1S/C30H36FN3O5Si/c1-18-28(40(2,3)31)25(15-27(37)34-16-20-8-5-4-7-19(20)13-22(34)17-35)39-30(18)23-14-21(33-12-6-9-26(33)36)10-11-24(23)32-29(30)38/h4-5,7-8,10-11,14,18,22,25,28,35H,6,9,12-13,15-17H2,1-3H3,(H,32,38)/t18-,22+,25+,28-,30+/m1/s1. The Morgan fingerprint density at radius 3 is 2.62 bits per heavy atom. The lowest BCUT2D eigenvalue weighted by molar-refractivity contribution is -0.149. The van der Waals surface area contributed by atoms with Crippen LogP contribution in [0.15, 0.2) is 42.5 Å². The van der Waals surface area contributed by atoms with Gasteiger partial charge in [0.05, 0.1) is 25.2 Å². The molecule has 2 N–H and O–H groups in total. The van der Waals surface area contributed by atoms with Gasteiger partial charge in [-0.15, -0.1) is 0 Å². The Hall–Kier alpha value is -3.08. The molecule has 0 aliphatic carbocycles. The molecule has 2 aromatic carbocycles. The van der Waals surface area contributed by atoms with Gasteiger partial charge in [-0.3, -0.25) is 14.4 Å². The number of ether oxygens (including phenoxy) is 1. The van der Waals surface area contributed by atoms with Crippen molar-refractivity contribution >= 4 is 37.5 Å². The van der Waals surface area contributed by atoms with E-state index in [4.69, 9.17) is 4.74 Å². The van der Waals surface area contributed by atoms with Crippen molar-refractivity contribution in [3.8, 4) is 0 Å². The Morgan fingerprint density at radius 2 is 1.95 bits per heavy atom. The van der Waals surface area contributed by atoms with Crippen LogP contribution < -0.4 is 10.2 Å². The van der Waals surface area contributed by atoms with Crippen molar-refractivity contribution in [3.05, 3.63) is 59.2 Å². The van der Waals surface area contributed by atoms with Crippen LogP contribution in [0.25, 0.3) is 0 Å². The van der Waals surface area contributed by atoms with E-state index in [0.29, 0.717) is 42.9 Å². The van der Waals surface area contributed by atoms with Gasteiger partial charge in [0.1, 0.15) is 0 Å². The molecule has 2 saturated heterocycles. The Kier molecular flexibility index (Phi) is 6.63. The Bertz CT molecular complexity index is 1380. The molecule has 4 aliphatic rings. The predicted octanol–water partition coefficient (Wildman–Crippen LogP) is 3.88. The van der Waals surface area contributed by atoms with Crippen LogP contribution in [-0.4, -0.2) is 61.4 Å². The molecule has 8 nitrogen and oxygen atoms in total. The number of carbonyl (C=O) groups is 3. The van der Waals surface area contributed by atoms with Crippen LogP contribution in [0.4, 0.5) is 15.5 Å². The van der Waals surface area contributed by atoms with Crippen molar-refractivity contribution in [1.82, 2.24) is 4.90 Å². The number of fused-ring (bicyclic) bond motifs is 3. The van der Waals surface area contributed by atoms with Gasteiger partial charge in [-0.2, -0.15) is 0 Å². The molecule has 0 bridgehead atoms. The van der Waals surface area contributed by atoms with Crippen LogP contribution in [0.1, 0.15) is 42.9 Å². The predicted molar refractivity (Wildman–Crippen MR) is 151 cm³/mol. The first kappa shape index (κ1) is 27.1. The van der Waals surface area contributed by atoms with E-state index in [-0.39, 0.29) is 36.8 Å². The number of nitrogens with one attached hydrogen (secondary N) is 1. The first-order valence-corrected chi connectivity index (χ1v) is 17.1. The number of anilines is 2. The van der Waals surface area contributed by atoms with Crippen molar-refractivity contribution in [2.45, 2.75) is 75.5 Å². The van der Waals surface area contributed by atoms with E-state index in [1.54, 1.807) is 29.0 Å². The summed E-state index contributed by atoms with van der Waals surface area (Å²) in [6.45, 7) is 5.86. The van der Waals surface area contributed by atoms with Crippen molar-refractivity contribution < 1.29 is 28.3 Å². The summed E-state index contributed by atoms with van der Waals surface area (Å²) in [7, 11) is -3.43. The summed E-state index contributed by atoms with van der Waals surface area (Å²) in [5.41, 5.74) is 1.95. The zero-order chi connectivity index (χ0) is 28.4. The molecule has 6 rings (SSSR count). The quantitative estimate of drug-likeness (QED) is 0.424. The summed E-state index contributed by atoms with van der Waals surface area (Å²) in [4.78, 5) is 43.3. The number of rotatable bonds is 5. The summed E-state index contributed by atoms with van der Waals surface area (Å²) < 4.78 is 22.7. The topological polar surface area (TPSA) is 99.2 Å². The third kappa shape index (κ3) is 4.19. The summed E-state index contributed by atoms with van der Waals surface area (Å²) in [6, 6.07) is 12.9. The van der Waals surface area contributed by atoms with Crippen molar-refractivity contribution in [1.29, 1.82) is 0 Å². The monoisotopic (exact) mass is 565 g/mol. The fourth-order valence-electron chi connectivity index (χ4n) is 7.48. The average Bonchev–Trinajstić information content (AvgIpc) is 3.56. The highest BCUT2D eigenvalue weighted by Gasteiger charge is 2.65. The molecule has 1 spiro atoms. The Labute approximate surface area is 234 Å². The van der Waals surface area contributed by atoms with Crippen LogP contribution in [0.3, 0.4) is 0 Å². The van der Waals surface area contributed by atoms with Gasteiger partial charge in [0, 0.05) is 47.9 Å². The normalized spacial score (nSPS) is 29.6. The molecule has 3 amide bonds. The first-order chi connectivity index (χ1) is 19.0. The molecule has 40 heavy (non-hydrogen) atoms. The van der Waals surface area contributed by atoms with Gasteiger partial charge in [-0.05, 0) is 55.3 Å². The number of halogens is 1. The van der Waals surface area contributed by atoms with E-state index in [1.165, 1.54) is 0 Å². The molecule has 0 radical (unpaired) electrons. The Morgan fingerprint density at radius 1 is 1.20 bits per heavy atom. The highest BCUT2D eigenvalue weighted by molar-refractivity contribution is 6.72. The van der Waals surface area contributed by atoms with Crippen LogP contribution in [0.2, 0.25) is 18.6 Å². The van der Waals surface area contributed by atoms with Gasteiger partial charge in [-0.1, -0.05) is 31.2 Å². The second-order valence-corrected chi connectivity index (χ2v) is 15.9. The second kappa shape index (κ2) is 9.78. The third-order valence-electron chi connectivity index (χ3n) is 9.35. The fourth-order valence-corrected chi connectivity index (χ4v) is 9.97. The minimum atomic E-state index is -3.43. The van der Waals surface area contributed by atoms with Gasteiger partial charge in [0.2, 0.25) is 20.2 Å². The van der Waals surface area contributed by atoms with Gasteiger partial charge in [0.25, 0.3) is 5.91 Å². The highest BCUT2D eigenvalue weighted by atomic mass is 28.4. The molecule has 4 aliphatic heterocycles. The molecule has 2 fully saturated rings. The first-order valence-electron chi connectivity index (χ1n) is 14.1. The molecule has 0 saturated carbocycles. The van der Waals surface area contributed by atoms with Gasteiger partial charge in [0.15, 0.2) is 5.60 Å². The summed E-state index contributed by atoms with van der Waals surface area (Å²) in [5.74, 6) is -1.08. The Balaban J connectivity index is 1.33. The number of hydrogen-bond acceptors (Lipinski definition) is 5. The number of benzene rings is 2. The van der Waals surface area contributed by atoms with Crippen LogP contribution in [-0.2, 0) is 37.7 Å². The molecule has 10 heteroatoms. The molecule has 0 aromatic heterocycles. The summed E-state index contributed by atoms with van der Waals surface area (Å²) >= 11 is 0. The number of nitrogens with zero attached hydrogens (tertiary/aromatic N) is 2. The largest absolute Gasteiger partial charge is 0.394 e. The minimum absolute atomic E-state index is 0.0341. The number of amides is 3. The van der Waals surface area contributed by atoms with Crippen molar-refractivity contribution in [2.75, 3.05) is 23.4 Å². The number of hydrogen-bond donors (Lipinski definition) is 2. The SMILES string of the molecule is C[C@@H]1[C@@H]([Si](C)(C)F)[C@H](CC(=O)N2Cc3ccccc3C[C@H]2CO)O[C@@]12C(=O)Nc1ccc(N3CCCC3=O)cc12. The maximum absolute atomic E-state index is 16.1. The van der Waals surface area contributed by atoms with Gasteiger partial charge < -0.3 is 29.1 Å². The maximum atomic E-state index is 16.1. The molecule has 5 atom stereocenters. The summed E-state index contributed by atoms with van der Waals surface area (Å²) in [6.07, 6.45) is 0.915.